The normalized spacial score (nSPS) is 10.5. The van der Waals surface area contributed by atoms with Gasteiger partial charge in [-0.2, -0.15) is 0 Å². The van der Waals surface area contributed by atoms with Crippen LogP contribution in [0.15, 0.2) is 78.9 Å². The van der Waals surface area contributed by atoms with Crippen molar-refractivity contribution in [2.45, 2.75) is 26.5 Å². The van der Waals surface area contributed by atoms with Gasteiger partial charge in [0.1, 0.15) is 30.5 Å². The number of anilines is 1. The van der Waals surface area contributed by atoms with Crippen molar-refractivity contribution in [2.24, 2.45) is 0 Å². The fourth-order valence-electron chi connectivity index (χ4n) is 2.69. The van der Waals surface area contributed by atoms with Crippen LogP contribution in [0.25, 0.3) is 0 Å². The first-order valence-corrected chi connectivity index (χ1v) is 9.59. The fraction of sp³-hybridized carbons (Fsp3) is 0.250. The molecule has 0 saturated heterocycles. The lowest BCUT2D eigenvalue weighted by molar-refractivity contribution is 0.217. The fourth-order valence-corrected chi connectivity index (χ4v) is 2.69. The Balaban J connectivity index is 1.42. The van der Waals surface area contributed by atoms with E-state index in [9.17, 15) is 0 Å². The topological polar surface area (TPSA) is 39.7 Å². The molecule has 0 aliphatic rings. The Morgan fingerprint density at radius 2 is 1.36 bits per heavy atom. The summed E-state index contributed by atoms with van der Waals surface area (Å²) in [6.07, 6.45) is 0.167. The van der Waals surface area contributed by atoms with E-state index in [0.29, 0.717) is 13.2 Å². The lowest BCUT2D eigenvalue weighted by Gasteiger charge is -2.12. The molecule has 0 radical (unpaired) electrons. The lowest BCUT2D eigenvalue weighted by Crippen LogP contribution is -2.09. The SMILES string of the molecule is CC(C)Oc1cccc(NCc2ccc(OCCOc3ccccc3)cc2)c1. The highest BCUT2D eigenvalue weighted by molar-refractivity contribution is 5.48. The maximum Gasteiger partial charge on any atom is 0.122 e. The highest BCUT2D eigenvalue weighted by Gasteiger charge is 2.01. The molecule has 0 heterocycles. The van der Waals surface area contributed by atoms with E-state index in [2.05, 4.69) is 17.4 Å². The minimum Gasteiger partial charge on any atom is -0.491 e. The van der Waals surface area contributed by atoms with Crippen molar-refractivity contribution in [3.05, 3.63) is 84.4 Å². The molecule has 146 valence electrons. The first-order chi connectivity index (χ1) is 13.7. The lowest BCUT2D eigenvalue weighted by atomic mass is 10.2. The molecule has 3 rings (SSSR count). The summed E-state index contributed by atoms with van der Waals surface area (Å²) in [7, 11) is 0. The van der Waals surface area contributed by atoms with Crippen LogP contribution in [0.2, 0.25) is 0 Å². The highest BCUT2D eigenvalue weighted by atomic mass is 16.5. The molecule has 0 aliphatic carbocycles. The summed E-state index contributed by atoms with van der Waals surface area (Å²) >= 11 is 0. The van der Waals surface area contributed by atoms with Crippen LogP contribution in [0.3, 0.4) is 0 Å². The van der Waals surface area contributed by atoms with Crippen LogP contribution in [-0.4, -0.2) is 19.3 Å². The second kappa shape index (κ2) is 10.3. The van der Waals surface area contributed by atoms with Gasteiger partial charge in [0.15, 0.2) is 0 Å². The molecule has 0 aromatic heterocycles. The number of ether oxygens (including phenoxy) is 3. The molecule has 0 fully saturated rings. The Hall–Kier alpha value is -3.14. The molecule has 0 saturated carbocycles. The summed E-state index contributed by atoms with van der Waals surface area (Å²) in [4.78, 5) is 0. The molecule has 3 aromatic rings. The number of para-hydroxylation sites is 1. The number of rotatable bonds is 10. The number of hydrogen-bond donors (Lipinski definition) is 1. The molecule has 0 atom stereocenters. The van der Waals surface area contributed by atoms with E-state index in [1.165, 1.54) is 5.56 Å². The van der Waals surface area contributed by atoms with Gasteiger partial charge in [0.2, 0.25) is 0 Å². The molecule has 3 aromatic carbocycles. The second-order valence-electron chi connectivity index (χ2n) is 6.70. The maximum absolute atomic E-state index is 5.74. The van der Waals surface area contributed by atoms with Gasteiger partial charge in [0.25, 0.3) is 0 Å². The standard InChI is InChI=1S/C24H27NO3/c1-19(2)28-24-10-6-7-21(17-24)25-18-20-11-13-23(14-12-20)27-16-15-26-22-8-4-3-5-9-22/h3-14,17,19,25H,15-16,18H2,1-2H3. The smallest absolute Gasteiger partial charge is 0.122 e. The first kappa shape index (κ1) is 19.6. The van der Waals surface area contributed by atoms with E-state index in [-0.39, 0.29) is 6.10 Å². The molecule has 28 heavy (non-hydrogen) atoms. The molecule has 0 spiro atoms. The Morgan fingerprint density at radius 1 is 0.714 bits per heavy atom. The van der Waals surface area contributed by atoms with Gasteiger partial charge >= 0.3 is 0 Å². The minimum absolute atomic E-state index is 0.167. The highest BCUT2D eigenvalue weighted by Crippen LogP contribution is 2.20. The van der Waals surface area contributed by atoms with Crippen molar-refractivity contribution in [1.82, 2.24) is 0 Å². The Kier molecular flexibility index (Phi) is 7.19. The molecule has 1 N–H and O–H groups in total. The van der Waals surface area contributed by atoms with Crippen LogP contribution >= 0.6 is 0 Å². The third kappa shape index (κ3) is 6.54. The van der Waals surface area contributed by atoms with Crippen LogP contribution in [0.4, 0.5) is 5.69 Å². The number of hydrogen-bond acceptors (Lipinski definition) is 4. The van der Waals surface area contributed by atoms with Gasteiger partial charge in [-0.15, -0.1) is 0 Å². The molecular formula is C24H27NO3. The summed E-state index contributed by atoms with van der Waals surface area (Å²) in [6, 6.07) is 25.9. The average Bonchev–Trinajstić information content (AvgIpc) is 2.71. The predicted molar refractivity (Wildman–Crippen MR) is 113 cm³/mol. The van der Waals surface area contributed by atoms with Crippen LogP contribution in [-0.2, 0) is 6.54 Å². The van der Waals surface area contributed by atoms with E-state index in [0.717, 1.165) is 29.5 Å². The van der Waals surface area contributed by atoms with E-state index >= 15 is 0 Å². The molecule has 4 heteroatoms. The van der Waals surface area contributed by atoms with Gasteiger partial charge in [0, 0.05) is 18.3 Å². The summed E-state index contributed by atoms with van der Waals surface area (Å²) in [5.74, 6) is 2.57. The van der Waals surface area contributed by atoms with Crippen molar-refractivity contribution in [2.75, 3.05) is 18.5 Å². The van der Waals surface area contributed by atoms with E-state index in [4.69, 9.17) is 14.2 Å². The molecule has 4 nitrogen and oxygen atoms in total. The van der Waals surface area contributed by atoms with Crippen LogP contribution in [0, 0.1) is 0 Å². The van der Waals surface area contributed by atoms with E-state index in [1.54, 1.807) is 0 Å². The third-order valence-corrected chi connectivity index (χ3v) is 3.99. The average molecular weight is 377 g/mol. The van der Waals surface area contributed by atoms with Gasteiger partial charge in [-0.3, -0.25) is 0 Å². The zero-order valence-electron chi connectivity index (χ0n) is 16.4. The van der Waals surface area contributed by atoms with Crippen LogP contribution < -0.4 is 19.5 Å². The zero-order valence-corrected chi connectivity index (χ0v) is 16.4. The largest absolute Gasteiger partial charge is 0.491 e. The number of nitrogens with one attached hydrogen (secondary N) is 1. The summed E-state index contributed by atoms with van der Waals surface area (Å²) in [5, 5.41) is 3.42. The Bertz CT molecular complexity index is 832. The zero-order chi connectivity index (χ0) is 19.6. The maximum atomic E-state index is 5.74. The van der Waals surface area contributed by atoms with Gasteiger partial charge in [-0.05, 0) is 55.8 Å². The van der Waals surface area contributed by atoms with Crippen LogP contribution in [0.1, 0.15) is 19.4 Å². The molecule has 0 aliphatic heterocycles. The second-order valence-corrected chi connectivity index (χ2v) is 6.70. The van der Waals surface area contributed by atoms with Gasteiger partial charge in [-0.25, -0.2) is 0 Å². The molecule has 0 bridgehead atoms. The van der Waals surface area contributed by atoms with E-state index in [1.807, 2.05) is 80.6 Å². The summed E-state index contributed by atoms with van der Waals surface area (Å²) < 4.78 is 17.1. The summed E-state index contributed by atoms with van der Waals surface area (Å²) in [6.45, 7) is 5.81. The van der Waals surface area contributed by atoms with Gasteiger partial charge in [-0.1, -0.05) is 36.4 Å². The first-order valence-electron chi connectivity index (χ1n) is 9.59. The van der Waals surface area contributed by atoms with E-state index < -0.39 is 0 Å². The molecule has 0 amide bonds. The minimum atomic E-state index is 0.167. The molecule has 0 unspecified atom stereocenters. The number of benzene rings is 3. The Labute approximate surface area is 167 Å². The van der Waals surface area contributed by atoms with Crippen molar-refractivity contribution in [3.63, 3.8) is 0 Å². The van der Waals surface area contributed by atoms with Gasteiger partial charge in [0.05, 0.1) is 6.10 Å². The third-order valence-electron chi connectivity index (χ3n) is 3.99. The molecular weight excluding hydrogens is 350 g/mol. The van der Waals surface area contributed by atoms with Crippen molar-refractivity contribution >= 4 is 5.69 Å². The van der Waals surface area contributed by atoms with Crippen molar-refractivity contribution in [1.29, 1.82) is 0 Å². The summed E-state index contributed by atoms with van der Waals surface area (Å²) in [5.41, 5.74) is 2.22. The van der Waals surface area contributed by atoms with Crippen molar-refractivity contribution in [3.8, 4) is 17.2 Å². The van der Waals surface area contributed by atoms with Crippen molar-refractivity contribution < 1.29 is 14.2 Å². The Morgan fingerprint density at radius 3 is 2.04 bits per heavy atom. The van der Waals surface area contributed by atoms with Gasteiger partial charge < -0.3 is 19.5 Å². The van der Waals surface area contributed by atoms with Crippen LogP contribution in [0.5, 0.6) is 17.2 Å². The monoisotopic (exact) mass is 377 g/mol. The quantitative estimate of drug-likeness (QED) is 0.471. The predicted octanol–water partition coefficient (Wildman–Crippen LogP) is 5.54.